The second kappa shape index (κ2) is 5.66. The van der Waals surface area contributed by atoms with Crippen LogP contribution in [0, 0.1) is 18.3 Å². The molecule has 0 aliphatic heterocycles. The maximum Gasteiger partial charge on any atom is 0.167 e. The van der Waals surface area contributed by atoms with E-state index in [1.807, 2.05) is 19.1 Å². The van der Waals surface area contributed by atoms with E-state index in [4.69, 9.17) is 5.26 Å². The zero-order chi connectivity index (χ0) is 14.8. The van der Waals surface area contributed by atoms with Crippen LogP contribution in [0.15, 0.2) is 18.2 Å². The van der Waals surface area contributed by atoms with Gasteiger partial charge in [-0.15, -0.1) is 0 Å². The molecular formula is C16H19N5. The molecule has 0 spiro atoms. The van der Waals surface area contributed by atoms with E-state index >= 15 is 0 Å². The smallest absolute Gasteiger partial charge is 0.167 e. The van der Waals surface area contributed by atoms with Crippen molar-refractivity contribution < 1.29 is 0 Å². The van der Waals surface area contributed by atoms with E-state index in [2.05, 4.69) is 39.6 Å². The van der Waals surface area contributed by atoms with Crippen LogP contribution in [0.2, 0.25) is 0 Å². The van der Waals surface area contributed by atoms with Crippen LogP contribution in [0.5, 0.6) is 0 Å². The molecule has 2 N–H and O–H groups in total. The van der Waals surface area contributed by atoms with Crippen LogP contribution in [0.4, 0.5) is 0 Å². The molecule has 1 aliphatic rings. The van der Waals surface area contributed by atoms with E-state index in [0.717, 1.165) is 36.5 Å². The average molecular weight is 281 g/mol. The van der Waals surface area contributed by atoms with E-state index < -0.39 is 0 Å². The number of aromatic amines is 1. The predicted molar refractivity (Wildman–Crippen MR) is 79.5 cm³/mol. The minimum Gasteiger partial charge on any atom is -0.301 e. The zero-order valence-electron chi connectivity index (χ0n) is 12.3. The summed E-state index contributed by atoms with van der Waals surface area (Å²) >= 11 is 0. The molecule has 5 nitrogen and oxygen atoms in total. The summed E-state index contributed by atoms with van der Waals surface area (Å²) in [6.07, 6.45) is 3.29. The first-order chi connectivity index (χ1) is 10.2. The van der Waals surface area contributed by atoms with Gasteiger partial charge in [0.25, 0.3) is 0 Å². The van der Waals surface area contributed by atoms with Crippen LogP contribution >= 0.6 is 0 Å². The van der Waals surface area contributed by atoms with Crippen molar-refractivity contribution in [2.24, 2.45) is 0 Å². The summed E-state index contributed by atoms with van der Waals surface area (Å²) in [5, 5.41) is 19.7. The number of hydrogen-bond donors (Lipinski definition) is 2. The maximum atomic E-state index is 9.02. The van der Waals surface area contributed by atoms with Gasteiger partial charge in [-0.05, 0) is 56.4 Å². The Balaban J connectivity index is 1.80. The van der Waals surface area contributed by atoms with Gasteiger partial charge in [0.1, 0.15) is 5.82 Å². The third kappa shape index (κ3) is 2.81. The molecule has 1 aliphatic carbocycles. The van der Waals surface area contributed by atoms with Gasteiger partial charge in [-0.1, -0.05) is 6.07 Å². The number of nitrogens with one attached hydrogen (secondary N) is 2. The molecule has 21 heavy (non-hydrogen) atoms. The van der Waals surface area contributed by atoms with E-state index in [0.29, 0.717) is 6.04 Å². The molecule has 1 heterocycles. The largest absolute Gasteiger partial charge is 0.301 e. The summed E-state index contributed by atoms with van der Waals surface area (Å²) in [4.78, 5) is 4.39. The summed E-state index contributed by atoms with van der Waals surface area (Å²) < 4.78 is 0. The highest BCUT2D eigenvalue weighted by Gasteiger charge is 2.23. The normalized spacial score (nSPS) is 18.8. The first-order valence-electron chi connectivity index (χ1n) is 7.35. The lowest BCUT2D eigenvalue weighted by Gasteiger charge is -2.28. The van der Waals surface area contributed by atoms with Gasteiger partial charge in [-0.2, -0.15) is 10.4 Å². The highest BCUT2D eigenvalue weighted by molar-refractivity contribution is 5.41. The molecule has 2 unspecified atom stereocenters. The minimum absolute atomic E-state index is 0.0987. The van der Waals surface area contributed by atoms with E-state index in [-0.39, 0.29) is 6.04 Å². The Kier molecular flexibility index (Phi) is 3.72. The fraction of sp³-hybridized carbons (Fsp3) is 0.438. The highest BCUT2D eigenvalue weighted by atomic mass is 15.2. The van der Waals surface area contributed by atoms with Crippen molar-refractivity contribution in [3.8, 4) is 6.07 Å². The molecule has 0 fully saturated rings. The van der Waals surface area contributed by atoms with Crippen molar-refractivity contribution in [1.29, 1.82) is 5.26 Å². The van der Waals surface area contributed by atoms with Crippen molar-refractivity contribution in [2.75, 3.05) is 0 Å². The first kappa shape index (κ1) is 13.8. The van der Waals surface area contributed by atoms with E-state index in [1.54, 1.807) is 0 Å². The summed E-state index contributed by atoms with van der Waals surface area (Å²) in [5.41, 5.74) is 3.34. The molecule has 2 atom stereocenters. The van der Waals surface area contributed by atoms with Gasteiger partial charge in [-0.25, -0.2) is 4.98 Å². The third-order valence-corrected chi connectivity index (χ3v) is 4.04. The third-order valence-electron chi connectivity index (χ3n) is 4.04. The van der Waals surface area contributed by atoms with Gasteiger partial charge in [-0.3, -0.25) is 5.10 Å². The summed E-state index contributed by atoms with van der Waals surface area (Å²) in [6, 6.07) is 8.62. The van der Waals surface area contributed by atoms with Crippen LogP contribution < -0.4 is 5.32 Å². The van der Waals surface area contributed by atoms with E-state index in [1.165, 1.54) is 11.1 Å². The Labute approximate surface area is 124 Å². The van der Waals surface area contributed by atoms with Gasteiger partial charge < -0.3 is 5.32 Å². The molecule has 0 saturated carbocycles. The number of benzene rings is 1. The van der Waals surface area contributed by atoms with Gasteiger partial charge in [0.2, 0.25) is 0 Å². The second-order valence-electron chi connectivity index (χ2n) is 5.64. The number of fused-ring (bicyclic) bond motifs is 1. The maximum absolute atomic E-state index is 9.02. The number of hydrogen-bond acceptors (Lipinski definition) is 4. The number of aromatic nitrogens is 3. The Morgan fingerprint density at radius 1 is 1.48 bits per heavy atom. The molecule has 1 aromatic heterocycles. The second-order valence-corrected chi connectivity index (χ2v) is 5.64. The van der Waals surface area contributed by atoms with Crippen molar-refractivity contribution in [3.63, 3.8) is 0 Å². The number of rotatable bonds is 3. The van der Waals surface area contributed by atoms with Gasteiger partial charge >= 0.3 is 0 Å². The summed E-state index contributed by atoms with van der Waals surface area (Å²) in [6.45, 7) is 3.99. The SMILES string of the molecule is Cc1nc(C(C)NC2CCCc3cc(C#N)ccc32)n[nH]1. The van der Waals surface area contributed by atoms with Crippen LogP contribution in [-0.2, 0) is 6.42 Å². The Hall–Kier alpha value is -2.19. The van der Waals surface area contributed by atoms with Crippen molar-refractivity contribution in [2.45, 2.75) is 45.2 Å². The van der Waals surface area contributed by atoms with Crippen molar-refractivity contribution in [1.82, 2.24) is 20.5 Å². The average Bonchev–Trinajstić information content (AvgIpc) is 2.93. The van der Waals surface area contributed by atoms with Crippen LogP contribution in [0.1, 0.15) is 60.2 Å². The molecule has 0 radical (unpaired) electrons. The molecule has 0 amide bonds. The zero-order valence-corrected chi connectivity index (χ0v) is 12.3. The van der Waals surface area contributed by atoms with Crippen LogP contribution in [0.3, 0.4) is 0 Å². The molecule has 3 rings (SSSR count). The standard InChI is InChI=1S/C16H19N5/c1-10(16-19-11(2)20-21-16)18-15-5-3-4-13-8-12(9-17)6-7-14(13)15/h6-8,10,15,18H,3-5H2,1-2H3,(H,19,20,21). The van der Waals surface area contributed by atoms with Gasteiger partial charge in [0.05, 0.1) is 17.7 Å². The lowest BCUT2D eigenvalue weighted by Crippen LogP contribution is -2.28. The number of nitrogens with zero attached hydrogens (tertiary/aromatic N) is 3. The fourth-order valence-corrected chi connectivity index (χ4v) is 2.99. The topological polar surface area (TPSA) is 77.4 Å². The number of nitriles is 1. The first-order valence-corrected chi connectivity index (χ1v) is 7.35. The summed E-state index contributed by atoms with van der Waals surface area (Å²) in [7, 11) is 0. The Bertz CT molecular complexity index is 682. The van der Waals surface area contributed by atoms with Gasteiger partial charge in [0.15, 0.2) is 5.82 Å². The minimum atomic E-state index is 0.0987. The van der Waals surface area contributed by atoms with Crippen LogP contribution in [-0.4, -0.2) is 15.2 Å². The van der Waals surface area contributed by atoms with Crippen LogP contribution in [0.25, 0.3) is 0 Å². The molecule has 108 valence electrons. The lowest BCUT2D eigenvalue weighted by atomic mass is 9.86. The molecule has 5 heteroatoms. The van der Waals surface area contributed by atoms with Crippen molar-refractivity contribution >= 4 is 0 Å². The van der Waals surface area contributed by atoms with Crippen molar-refractivity contribution in [3.05, 3.63) is 46.5 Å². The number of H-pyrrole nitrogens is 1. The van der Waals surface area contributed by atoms with Gasteiger partial charge in [0, 0.05) is 6.04 Å². The molecule has 2 aromatic rings. The Morgan fingerprint density at radius 3 is 3.05 bits per heavy atom. The molecular weight excluding hydrogens is 262 g/mol. The molecule has 0 saturated heterocycles. The predicted octanol–water partition coefficient (Wildman–Crippen LogP) is 2.71. The molecule has 1 aromatic carbocycles. The highest BCUT2D eigenvalue weighted by Crippen LogP contribution is 2.31. The fourth-order valence-electron chi connectivity index (χ4n) is 2.99. The molecule has 0 bridgehead atoms. The quantitative estimate of drug-likeness (QED) is 0.906. The number of aryl methyl sites for hydroxylation is 2. The monoisotopic (exact) mass is 281 g/mol. The summed E-state index contributed by atoms with van der Waals surface area (Å²) in [5.74, 6) is 1.63. The lowest BCUT2D eigenvalue weighted by molar-refractivity contribution is 0.406. The Morgan fingerprint density at radius 2 is 2.33 bits per heavy atom. The van der Waals surface area contributed by atoms with E-state index in [9.17, 15) is 0 Å².